The molecule has 0 spiro atoms. The third-order valence-electron chi connectivity index (χ3n) is 2.51. The highest BCUT2D eigenvalue weighted by molar-refractivity contribution is 5.80. The Hall–Kier alpha value is -2.09. The summed E-state index contributed by atoms with van der Waals surface area (Å²) < 4.78 is 0. The van der Waals surface area contributed by atoms with Crippen molar-refractivity contribution < 1.29 is 9.90 Å². The second kappa shape index (κ2) is 4.62. The second-order valence-corrected chi connectivity index (χ2v) is 3.59. The monoisotopic (exact) mass is 214 g/mol. The Balaban J connectivity index is 2.44. The Kier molecular flexibility index (Phi) is 3.01. The predicted octanol–water partition coefficient (Wildman–Crippen LogP) is 2.90. The van der Waals surface area contributed by atoms with Crippen LogP contribution in [0.4, 0.5) is 0 Å². The van der Waals surface area contributed by atoms with Gasteiger partial charge in [0, 0.05) is 0 Å². The summed E-state index contributed by atoms with van der Waals surface area (Å²) >= 11 is 0. The van der Waals surface area contributed by atoms with E-state index < -0.39 is 11.9 Å². The van der Waals surface area contributed by atoms with Crippen molar-refractivity contribution in [2.75, 3.05) is 0 Å². The molecule has 0 bridgehead atoms. The van der Waals surface area contributed by atoms with E-state index in [4.69, 9.17) is 0 Å². The van der Waals surface area contributed by atoms with Gasteiger partial charge in [-0.05, 0) is 11.1 Å². The number of hydrogen-bond acceptors (Lipinski definition) is 1. The number of benzene rings is 2. The van der Waals surface area contributed by atoms with Gasteiger partial charge in [0.25, 0.3) is 0 Å². The summed E-state index contributed by atoms with van der Waals surface area (Å²) in [6.45, 7) is 0. The van der Waals surface area contributed by atoms with Crippen molar-refractivity contribution in [3.05, 3.63) is 71.8 Å². The van der Waals surface area contributed by atoms with Gasteiger partial charge in [-0.15, -0.1) is 0 Å². The van der Waals surface area contributed by atoms with Gasteiger partial charge in [-0.3, -0.25) is 4.79 Å². The molecular formula is C14H12O2. The van der Waals surface area contributed by atoms with Crippen LogP contribution < -0.4 is 0 Å². The van der Waals surface area contributed by atoms with Gasteiger partial charge in [-0.2, -0.15) is 0 Å². The normalized spacial score (nSPS) is 10.3. The molecule has 80 valence electrons. The molecule has 0 aliphatic carbocycles. The van der Waals surface area contributed by atoms with E-state index in [1.54, 1.807) is 0 Å². The van der Waals surface area contributed by atoms with Gasteiger partial charge in [-0.1, -0.05) is 60.7 Å². The van der Waals surface area contributed by atoms with E-state index in [0.717, 1.165) is 11.1 Å². The first-order valence-corrected chi connectivity index (χ1v) is 5.12. The van der Waals surface area contributed by atoms with E-state index in [1.165, 1.54) is 0 Å². The maximum atomic E-state index is 11.3. The summed E-state index contributed by atoms with van der Waals surface area (Å²) in [7, 11) is 0. The Labute approximate surface area is 94.2 Å². The molecule has 0 saturated heterocycles. The highest BCUT2D eigenvalue weighted by Crippen LogP contribution is 2.24. The van der Waals surface area contributed by atoms with Gasteiger partial charge in [0.1, 0.15) is 5.92 Å². The van der Waals surface area contributed by atoms with Crippen LogP contribution in [-0.4, -0.2) is 11.1 Å². The van der Waals surface area contributed by atoms with Gasteiger partial charge in [0.2, 0.25) is 0 Å². The number of carbonyl (C=O) groups is 1. The molecule has 2 rings (SSSR count). The number of carboxylic acid groups (broad SMARTS) is 1. The SMILES string of the molecule is O=[13C](O)[13CH](c1ccccc1)c1ccccc1. The lowest BCUT2D eigenvalue weighted by atomic mass is 10.2. The van der Waals surface area contributed by atoms with Gasteiger partial charge >= 0.3 is 5.97 Å². The number of hydrogen-bond donors (Lipinski definition) is 1. The second-order valence-electron chi connectivity index (χ2n) is 3.59. The number of aliphatic carboxylic acids is 1. The van der Waals surface area contributed by atoms with Crippen molar-refractivity contribution in [3.63, 3.8) is 0 Å². The standard InChI is InChI=1S/C14H12O2/c15-14(16)13(11-7-3-1-4-8-11)12-9-5-2-6-10-12/h1-10,13H,(H,15,16)/i13+1,14+1. The Bertz CT molecular complexity index is 423. The van der Waals surface area contributed by atoms with Gasteiger partial charge in [0.05, 0.1) is 0 Å². The molecule has 1 N–H and O–H groups in total. The summed E-state index contributed by atoms with van der Waals surface area (Å²) in [5, 5.41) is 9.28. The Morgan fingerprint density at radius 2 is 1.19 bits per heavy atom. The van der Waals surface area contributed by atoms with Crippen molar-refractivity contribution in [1.29, 1.82) is 0 Å². The van der Waals surface area contributed by atoms with E-state index in [-0.39, 0.29) is 0 Å². The molecule has 0 radical (unpaired) electrons. The van der Waals surface area contributed by atoms with E-state index in [0.29, 0.717) is 0 Å². The molecule has 0 amide bonds. The van der Waals surface area contributed by atoms with Crippen molar-refractivity contribution in [3.8, 4) is 0 Å². The molecule has 0 aliphatic rings. The van der Waals surface area contributed by atoms with Crippen LogP contribution in [0.2, 0.25) is 0 Å². The Morgan fingerprint density at radius 1 is 0.812 bits per heavy atom. The smallest absolute Gasteiger partial charge is 0.315 e. The molecule has 16 heavy (non-hydrogen) atoms. The molecule has 0 atom stereocenters. The van der Waals surface area contributed by atoms with Crippen molar-refractivity contribution in [2.45, 2.75) is 5.92 Å². The first-order chi connectivity index (χ1) is 7.79. The maximum Gasteiger partial charge on any atom is 0.315 e. The van der Waals surface area contributed by atoms with Crippen molar-refractivity contribution in [1.82, 2.24) is 0 Å². The molecule has 2 aromatic carbocycles. The lowest BCUT2D eigenvalue weighted by Crippen LogP contribution is -2.12. The molecule has 0 fully saturated rings. The average Bonchev–Trinajstić information content (AvgIpc) is 2.31. The lowest BCUT2D eigenvalue weighted by molar-refractivity contribution is -0.137. The highest BCUT2D eigenvalue weighted by atomic mass is 16.5. The number of carboxylic acids is 1. The van der Waals surface area contributed by atoms with Crippen LogP contribution in [0.1, 0.15) is 17.0 Å². The molecule has 2 aromatic rings. The minimum atomic E-state index is -0.822. The van der Waals surface area contributed by atoms with Crippen LogP contribution in [0.25, 0.3) is 0 Å². The van der Waals surface area contributed by atoms with Crippen LogP contribution in [0.3, 0.4) is 0 Å². The molecular weight excluding hydrogens is 202 g/mol. The lowest BCUT2D eigenvalue weighted by Gasteiger charge is -2.12. The minimum absolute atomic E-state index is 0.581. The largest absolute Gasteiger partial charge is 0.481 e. The highest BCUT2D eigenvalue weighted by Gasteiger charge is 2.20. The zero-order valence-electron chi connectivity index (χ0n) is 8.71. The fourth-order valence-electron chi connectivity index (χ4n) is 1.77. The van der Waals surface area contributed by atoms with Crippen molar-refractivity contribution in [2.24, 2.45) is 0 Å². The first kappa shape index (κ1) is 10.4. The Morgan fingerprint density at radius 3 is 1.50 bits per heavy atom. The van der Waals surface area contributed by atoms with Gasteiger partial charge < -0.3 is 5.11 Å². The van der Waals surface area contributed by atoms with Crippen LogP contribution in [0.15, 0.2) is 60.7 Å². The van der Waals surface area contributed by atoms with Gasteiger partial charge in [-0.25, -0.2) is 0 Å². The third-order valence-corrected chi connectivity index (χ3v) is 2.51. The molecule has 2 heteroatoms. The molecule has 0 aliphatic heterocycles. The van der Waals surface area contributed by atoms with Crippen LogP contribution in [0.5, 0.6) is 0 Å². The summed E-state index contributed by atoms with van der Waals surface area (Å²) in [5.74, 6) is -1.40. The fraction of sp³-hybridized carbons (Fsp3) is 0.0714. The van der Waals surface area contributed by atoms with Crippen LogP contribution >= 0.6 is 0 Å². The molecule has 2 nitrogen and oxygen atoms in total. The van der Waals surface area contributed by atoms with Gasteiger partial charge in [0.15, 0.2) is 0 Å². The zero-order valence-corrected chi connectivity index (χ0v) is 8.71. The van der Waals surface area contributed by atoms with Crippen molar-refractivity contribution >= 4 is 5.97 Å². The molecule has 0 saturated carbocycles. The third kappa shape index (κ3) is 2.11. The fourth-order valence-corrected chi connectivity index (χ4v) is 1.77. The number of rotatable bonds is 3. The van der Waals surface area contributed by atoms with E-state index in [1.807, 2.05) is 60.7 Å². The first-order valence-electron chi connectivity index (χ1n) is 5.12. The quantitative estimate of drug-likeness (QED) is 0.797. The zero-order chi connectivity index (χ0) is 11.4. The summed E-state index contributed by atoms with van der Waals surface area (Å²) in [5.41, 5.74) is 1.61. The molecule has 0 aromatic heterocycles. The predicted molar refractivity (Wildman–Crippen MR) is 62.4 cm³/mol. The maximum absolute atomic E-state index is 11.3. The van der Waals surface area contributed by atoms with E-state index >= 15 is 0 Å². The minimum Gasteiger partial charge on any atom is -0.481 e. The molecule has 0 heterocycles. The summed E-state index contributed by atoms with van der Waals surface area (Å²) in [6, 6.07) is 18.5. The van der Waals surface area contributed by atoms with E-state index in [2.05, 4.69) is 0 Å². The van der Waals surface area contributed by atoms with Crippen LogP contribution in [-0.2, 0) is 4.79 Å². The van der Waals surface area contributed by atoms with E-state index in [9.17, 15) is 9.90 Å². The summed E-state index contributed by atoms with van der Waals surface area (Å²) in [4.78, 5) is 11.3. The van der Waals surface area contributed by atoms with Crippen LogP contribution in [0, 0.1) is 0 Å². The topological polar surface area (TPSA) is 37.3 Å². The molecule has 0 unspecified atom stereocenters. The average molecular weight is 214 g/mol. The summed E-state index contributed by atoms with van der Waals surface area (Å²) in [6.07, 6.45) is 0.